The Labute approximate surface area is 110 Å². The summed E-state index contributed by atoms with van der Waals surface area (Å²) in [5, 5.41) is 4.72. The van der Waals surface area contributed by atoms with Gasteiger partial charge in [-0.1, -0.05) is 25.6 Å². The number of hydrogen-bond donors (Lipinski definition) is 1. The number of thioether (sulfide) groups is 1. The first-order valence-corrected chi connectivity index (χ1v) is 7.66. The second-order valence-electron chi connectivity index (χ2n) is 5.33. The van der Waals surface area contributed by atoms with Crippen LogP contribution < -0.4 is 5.32 Å². The molecular formula is C13H27N3S. The van der Waals surface area contributed by atoms with Gasteiger partial charge < -0.3 is 10.2 Å². The molecule has 0 saturated carbocycles. The van der Waals surface area contributed by atoms with Gasteiger partial charge >= 0.3 is 0 Å². The quantitative estimate of drug-likeness (QED) is 0.741. The van der Waals surface area contributed by atoms with E-state index in [0.717, 1.165) is 6.54 Å². The van der Waals surface area contributed by atoms with Gasteiger partial charge in [-0.3, -0.25) is 4.99 Å². The lowest BCUT2D eigenvalue weighted by Crippen LogP contribution is -2.41. The molecule has 0 aromatic heterocycles. The molecule has 0 bridgehead atoms. The second-order valence-corrected chi connectivity index (χ2v) is 6.41. The Morgan fingerprint density at radius 2 is 2.18 bits per heavy atom. The number of unbranched alkanes of at least 4 members (excludes halogenated alkanes) is 1. The van der Waals surface area contributed by atoms with Crippen molar-refractivity contribution in [3.05, 3.63) is 0 Å². The summed E-state index contributed by atoms with van der Waals surface area (Å²) in [6.07, 6.45) is 3.69. The standard InChI is InChI=1S/C13H27N3S/c1-11(2)12-7-10-17-13(15-12)14-8-5-6-9-16(3)4/h11-12H,5-10H2,1-4H3,(H,14,15). The number of amidine groups is 1. The van der Waals surface area contributed by atoms with Crippen molar-refractivity contribution in [2.24, 2.45) is 10.9 Å². The van der Waals surface area contributed by atoms with Gasteiger partial charge in [0.1, 0.15) is 0 Å². The maximum absolute atomic E-state index is 4.66. The molecular weight excluding hydrogens is 230 g/mol. The molecule has 1 rings (SSSR count). The highest BCUT2D eigenvalue weighted by Gasteiger charge is 2.19. The maximum Gasteiger partial charge on any atom is 0.156 e. The predicted molar refractivity (Wildman–Crippen MR) is 78.9 cm³/mol. The Morgan fingerprint density at radius 1 is 1.41 bits per heavy atom. The van der Waals surface area contributed by atoms with E-state index in [0.29, 0.717) is 12.0 Å². The van der Waals surface area contributed by atoms with Crippen molar-refractivity contribution in [2.45, 2.75) is 39.2 Å². The van der Waals surface area contributed by atoms with E-state index in [2.05, 4.69) is 43.2 Å². The average Bonchev–Trinajstić information content (AvgIpc) is 2.28. The molecule has 0 aromatic carbocycles. The van der Waals surface area contributed by atoms with Gasteiger partial charge in [0, 0.05) is 18.3 Å². The molecule has 1 fully saturated rings. The van der Waals surface area contributed by atoms with Gasteiger partial charge in [-0.2, -0.15) is 0 Å². The summed E-state index contributed by atoms with van der Waals surface area (Å²) in [6, 6.07) is 0.622. The molecule has 1 unspecified atom stereocenters. The monoisotopic (exact) mass is 257 g/mol. The van der Waals surface area contributed by atoms with Crippen LogP contribution in [0.2, 0.25) is 0 Å². The first-order chi connectivity index (χ1) is 8.09. The predicted octanol–water partition coefficient (Wildman–Crippen LogP) is 2.44. The Bertz CT molecular complexity index is 239. The molecule has 0 spiro atoms. The molecule has 0 aliphatic carbocycles. The topological polar surface area (TPSA) is 27.6 Å². The third-order valence-electron chi connectivity index (χ3n) is 3.05. The lowest BCUT2D eigenvalue weighted by atomic mass is 10.0. The van der Waals surface area contributed by atoms with Crippen LogP contribution in [-0.2, 0) is 0 Å². The Morgan fingerprint density at radius 3 is 2.82 bits per heavy atom. The molecule has 1 saturated heterocycles. The Hall–Kier alpha value is -0.220. The zero-order valence-electron chi connectivity index (χ0n) is 11.7. The fourth-order valence-electron chi connectivity index (χ4n) is 1.87. The molecule has 0 amide bonds. The smallest absolute Gasteiger partial charge is 0.156 e. The Balaban J connectivity index is 2.20. The molecule has 1 N–H and O–H groups in total. The van der Waals surface area contributed by atoms with Crippen LogP contribution in [-0.4, -0.2) is 49.0 Å². The van der Waals surface area contributed by atoms with Crippen molar-refractivity contribution in [3.63, 3.8) is 0 Å². The van der Waals surface area contributed by atoms with E-state index in [1.807, 2.05) is 11.8 Å². The van der Waals surface area contributed by atoms with Crippen LogP contribution in [0.25, 0.3) is 0 Å². The summed E-state index contributed by atoms with van der Waals surface area (Å²) in [5.74, 6) is 1.92. The number of aliphatic imine (C=N–C) groups is 1. The molecule has 1 heterocycles. The van der Waals surface area contributed by atoms with Crippen LogP contribution in [0, 0.1) is 5.92 Å². The molecule has 1 aliphatic rings. The maximum atomic E-state index is 4.66. The van der Waals surface area contributed by atoms with Gasteiger partial charge in [-0.05, 0) is 45.8 Å². The van der Waals surface area contributed by atoms with E-state index in [4.69, 9.17) is 0 Å². The van der Waals surface area contributed by atoms with E-state index >= 15 is 0 Å². The van der Waals surface area contributed by atoms with Crippen LogP contribution in [0.4, 0.5) is 0 Å². The fourth-order valence-corrected chi connectivity index (χ4v) is 2.85. The summed E-state index contributed by atoms with van der Waals surface area (Å²) in [6.45, 7) is 6.69. The van der Waals surface area contributed by atoms with Crippen LogP contribution in [0.3, 0.4) is 0 Å². The van der Waals surface area contributed by atoms with Gasteiger partial charge in [-0.15, -0.1) is 0 Å². The summed E-state index contributed by atoms with van der Waals surface area (Å²) >= 11 is 1.88. The molecule has 1 atom stereocenters. The zero-order chi connectivity index (χ0) is 12.7. The average molecular weight is 257 g/mol. The number of nitrogens with one attached hydrogen (secondary N) is 1. The van der Waals surface area contributed by atoms with Gasteiger partial charge in [0.2, 0.25) is 0 Å². The molecule has 0 radical (unpaired) electrons. The molecule has 100 valence electrons. The Kier molecular flexibility index (Phi) is 6.97. The second kappa shape index (κ2) is 7.98. The summed E-state index contributed by atoms with van der Waals surface area (Å²) in [5.41, 5.74) is 0. The minimum absolute atomic E-state index is 0.622. The van der Waals surface area contributed by atoms with Crippen molar-refractivity contribution in [1.29, 1.82) is 0 Å². The highest BCUT2D eigenvalue weighted by atomic mass is 32.2. The van der Waals surface area contributed by atoms with Crippen LogP contribution in [0.1, 0.15) is 33.1 Å². The summed E-state index contributed by atoms with van der Waals surface area (Å²) in [7, 11) is 4.25. The number of rotatable bonds is 6. The van der Waals surface area contributed by atoms with Crippen LogP contribution >= 0.6 is 11.8 Å². The minimum Gasteiger partial charge on any atom is -0.362 e. The molecule has 0 aromatic rings. The van der Waals surface area contributed by atoms with Crippen molar-refractivity contribution >= 4 is 16.9 Å². The highest BCUT2D eigenvalue weighted by Crippen LogP contribution is 2.18. The lowest BCUT2D eigenvalue weighted by Gasteiger charge is -2.28. The van der Waals surface area contributed by atoms with Crippen LogP contribution in [0.5, 0.6) is 0 Å². The van der Waals surface area contributed by atoms with Crippen molar-refractivity contribution in [1.82, 2.24) is 10.2 Å². The summed E-state index contributed by atoms with van der Waals surface area (Å²) in [4.78, 5) is 6.89. The van der Waals surface area contributed by atoms with Crippen molar-refractivity contribution < 1.29 is 0 Å². The normalized spacial score (nSPS) is 23.4. The fraction of sp³-hybridized carbons (Fsp3) is 0.923. The van der Waals surface area contributed by atoms with E-state index in [-0.39, 0.29) is 0 Å². The van der Waals surface area contributed by atoms with Crippen molar-refractivity contribution in [2.75, 3.05) is 32.9 Å². The van der Waals surface area contributed by atoms with Crippen molar-refractivity contribution in [3.8, 4) is 0 Å². The van der Waals surface area contributed by atoms with E-state index < -0.39 is 0 Å². The SMILES string of the molecule is CC(C)C1CCSC(=NCCCCN(C)C)N1. The van der Waals surface area contributed by atoms with E-state index in [1.54, 1.807) is 0 Å². The van der Waals surface area contributed by atoms with Crippen LogP contribution in [0.15, 0.2) is 4.99 Å². The molecule has 1 aliphatic heterocycles. The first-order valence-electron chi connectivity index (χ1n) is 6.68. The molecule has 4 heteroatoms. The van der Waals surface area contributed by atoms with Gasteiger partial charge in [0.25, 0.3) is 0 Å². The summed E-state index contributed by atoms with van der Waals surface area (Å²) < 4.78 is 0. The lowest BCUT2D eigenvalue weighted by molar-refractivity contribution is 0.395. The number of hydrogen-bond acceptors (Lipinski definition) is 3. The zero-order valence-corrected chi connectivity index (χ0v) is 12.5. The largest absolute Gasteiger partial charge is 0.362 e. The third kappa shape index (κ3) is 6.32. The highest BCUT2D eigenvalue weighted by molar-refractivity contribution is 8.13. The molecule has 3 nitrogen and oxygen atoms in total. The van der Waals surface area contributed by atoms with E-state index in [9.17, 15) is 0 Å². The molecule has 17 heavy (non-hydrogen) atoms. The minimum atomic E-state index is 0.622. The third-order valence-corrected chi connectivity index (χ3v) is 4.01. The van der Waals surface area contributed by atoms with Gasteiger partial charge in [-0.25, -0.2) is 0 Å². The first kappa shape index (κ1) is 14.8. The number of nitrogens with zero attached hydrogens (tertiary/aromatic N) is 2. The van der Waals surface area contributed by atoms with Gasteiger partial charge in [0.05, 0.1) is 0 Å². The van der Waals surface area contributed by atoms with Gasteiger partial charge in [0.15, 0.2) is 5.17 Å². The van der Waals surface area contributed by atoms with E-state index in [1.165, 1.54) is 36.7 Å².